The average molecular weight is 454 g/mol. The zero-order valence-corrected chi connectivity index (χ0v) is 19.8. The molecular weight excluding hydrogens is 422 g/mol. The summed E-state index contributed by atoms with van der Waals surface area (Å²) in [4.78, 5) is 29.9. The van der Waals surface area contributed by atoms with Gasteiger partial charge in [0.1, 0.15) is 5.70 Å². The first-order valence-electron chi connectivity index (χ1n) is 10.9. The predicted molar refractivity (Wildman–Crippen MR) is 129 cm³/mol. The van der Waals surface area contributed by atoms with Crippen LogP contribution in [0.2, 0.25) is 0 Å². The van der Waals surface area contributed by atoms with E-state index in [-0.39, 0.29) is 24.1 Å². The van der Waals surface area contributed by atoms with E-state index in [1.54, 1.807) is 25.3 Å². The van der Waals surface area contributed by atoms with Crippen molar-refractivity contribution in [2.24, 2.45) is 0 Å². The molecule has 0 saturated carbocycles. The highest BCUT2D eigenvalue weighted by Gasteiger charge is 2.39. The van der Waals surface area contributed by atoms with Crippen LogP contribution < -0.4 is 19.7 Å². The smallest absolute Gasteiger partial charge is 0.278 e. The summed E-state index contributed by atoms with van der Waals surface area (Å²) in [5.41, 5.74) is 2.85. The van der Waals surface area contributed by atoms with E-state index in [9.17, 15) is 9.59 Å². The fourth-order valence-corrected chi connectivity index (χ4v) is 3.61. The molecule has 1 aliphatic heterocycles. The minimum atomic E-state index is -0.363. The molecule has 2 aromatic carbocycles. The average Bonchev–Trinajstić information content (AvgIpc) is 3.05. The molecule has 0 unspecified atom stereocenters. The van der Waals surface area contributed by atoms with Crippen molar-refractivity contribution >= 4 is 28.8 Å². The van der Waals surface area contributed by atoms with Crippen LogP contribution in [-0.4, -0.2) is 64.8 Å². The molecule has 3 rings (SSSR count). The highest BCUT2D eigenvalue weighted by Crippen LogP contribution is 2.35. The zero-order chi connectivity index (χ0) is 24.0. The van der Waals surface area contributed by atoms with Crippen LogP contribution in [0.5, 0.6) is 11.5 Å². The van der Waals surface area contributed by atoms with E-state index in [1.807, 2.05) is 50.2 Å². The van der Waals surface area contributed by atoms with E-state index >= 15 is 0 Å². The number of hydrogen-bond donors (Lipinski definition) is 1. The highest BCUT2D eigenvalue weighted by atomic mass is 16.5. The molecule has 0 fully saturated rings. The van der Waals surface area contributed by atoms with E-state index in [0.29, 0.717) is 48.0 Å². The molecule has 0 radical (unpaired) electrons. The Kier molecular flexibility index (Phi) is 7.95. The van der Waals surface area contributed by atoms with Gasteiger partial charge in [0, 0.05) is 45.2 Å². The van der Waals surface area contributed by atoms with Gasteiger partial charge in [0.15, 0.2) is 11.5 Å². The maximum absolute atomic E-state index is 13.4. The van der Waals surface area contributed by atoms with E-state index in [0.717, 1.165) is 5.69 Å². The lowest BCUT2D eigenvalue weighted by Crippen LogP contribution is -2.34. The molecule has 1 N–H and O–H groups in total. The summed E-state index contributed by atoms with van der Waals surface area (Å²) in [7, 11) is 6.99. The third kappa shape index (κ3) is 5.28. The summed E-state index contributed by atoms with van der Waals surface area (Å²) in [6.07, 6.45) is 0.565. The van der Waals surface area contributed by atoms with Crippen molar-refractivity contribution in [3.05, 3.63) is 53.7 Å². The molecule has 0 spiro atoms. The van der Waals surface area contributed by atoms with Crippen LogP contribution in [0.1, 0.15) is 18.9 Å². The molecule has 8 nitrogen and oxygen atoms in total. The lowest BCUT2D eigenvalue weighted by Gasteiger charge is -2.16. The standard InChI is InChI=1S/C25H31N3O5/c1-6-33-15-7-14-28-24(29)22(17-8-13-20(31-4)21(16-17)32-5)23(25(28)30)26-18-9-11-19(12-10-18)27(2)3/h8-13,16,26H,6-7,14-15H2,1-5H3. The lowest BCUT2D eigenvalue weighted by molar-refractivity contribution is -0.137. The SMILES string of the molecule is CCOCCCN1C(=O)C(Nc2ccc(N(C)C)cc2)=C(c2ccc(OC)c(OC)c2)C1=O. The van der Waals surface area contributed by atoms with Crippen molar-refractivity contribution in [2.75, 3.05) is 58.3 Å². The van der Waals surface area contributed by atoms with Gasteiger partial charge in [0.2, 0.25) is 0 Å². The highest BCUT2D eigenvalue weighted by molar-refractivity contribution is 6.36. The maximum Gasteiger partial charge on any atom is 0.278 e. The molecule has 0 aromatic heterocycles. The normalized spacial score (nSPS) is 13.5. The van der Waals surface area contributed by atoms with Gasteiger partial charge in [-0.3, -0.25) is 14.5 Å². The molecule has 0 aliphatic carbocycles. The Hall–Kier alpha value is -3.52. The largest absolute Gasteiger partial charge is 0.493 e. The first-order valence-corrected chi connectivity index (χ1v) is 10.9. The van der Waals surface area contributed by atoms with Gasteiger partial charge < -0.3 is 24.4 Å². The van der Waals surface area contributed by atoms with E-state index in [4.69, 9.17) is 14.2 Å². The summed E-state index contributed by atoms with van der Waals surface area (Å²) in [6, 6.07) is 12.8. The van der Waals surface area contributed by atoms with Crippen LogP contribution in [0.25, 0.3) is 5.57 Å². The Morgan fingerprint density at radius 3 is 2.24 bits per heavy atom. The monoisotopic (exact) mass is 453 g/mol. The lowest BCUT2D eigenvalue weighted by atomic mass is 10.0. The number of amides is 2. The van der Waals surface area contributed by atoms with Gasteiger partial charge >= 0.3 is 0 Å². The van der Waals surface area contributed by atoms with Crippen LogP contribution in [0.4, 0.5) is 11.4 Å². The summed E-state index contributed by atoms with van der Waals surface area (Å²) in [5.74, 6) is 0.308. The van der Waals surface area contributed by atoms with Gasteiger partial charge in [-0.05, 0) is 55.3 Å². The quantitative estimate of drug-likeness (QED) is 0.413. The predicted octanol–water partition coefficient (Wildman–Crippen LogP) is 3.39. The zero-order valence-electron chi connectivity index (χ0n) is 19.8. The molecule has 1 aliphatic rings. The molecule has 2 aromatic rings. The minimum absolute atomic E-state index is 0.237. The number of methoxy groups -OCH3 is 2. The minimum Gasteiger partial charge on any atom is -0.493 e. The van der Waals surface area contributed by atoms with E-state index in [1.165, 1.54) is 12.0 Å². The van der Waals surface area contributed by atoms with Gasteiger partial charge in [0.25, 0.3) is 11.8 Å². The summed E-state index contributed by atoms with van der Waals surface area (Å²) in [6.45, 7) is 3.26. The van der Waals surface area contributed by atoms with Crippen LogP contribution in [0.15, 0.2) is 48.2 Å². The Bertz CT molecular complexity index is 1030. The van der Waals surface area contributed by atoms with Crippen molar-refractivity contribution in [1.82, 2.24) is 4.90 Å². The van der Waals surface area contributed by atoms with Gasteiger partial charge in [-0.1, -0.05) is 6.07 Å². The molecule has 0 bridgehead atoms. The van der Waals surface area contributed by atoms with Gasteiger partial charge in [-0.25, -0.2) is 0 Å². The van der Waals surface area contributed by atoms with Crippen LogP contribution >= 0.6 is 0 Å². The summed E-state index contributed by atoms with van der Waals surface area (Å²) in [5, 5.41) is 3.18. The molecule has 33 heavy (non-hydrogen) atoms. The number of hydrogen-bond acceptors (Lipinski definition) is 7. The number of imide groups is 1. The third-order valence-electron chi connectivity index (χ3n) is 5.37. The second-order valence-electron chi connectivity index (χ2n) is 7.70. The molecular formula is C25H31N3O5. The van der Waals surface area contributed by atoms with Crippen molar-refractivity contribution in [3.8, 4) is 11.5 Å². The third-order valence-corrected chi connectivity index (χ3v) is 5.37. The number of anilines is 2. The van der Waals surface area contributed by atoms with Crippen molar-refractivity contribution < 1.29 is 23.8 Å². The molecule has 1 heterocycles. The maximum atomic E-state index is 13.4. The Balaban J connectivity index is 1.98. The van der Waals surface area contributed by atoms with E-state index < -0.39 is 0 Å². The molecule has 2 amide bonds. The number of carbonyl (C=O) groups excluding carboxylic acids is 2. The summed E-state index contributed by atoms with van der Waals surface area (Å²) < 4.78 is 16.1. The first-order chi connectivity index (χ1) is 15.9. The van der Waals surface area contributed by atoms with Crippen LogP contribution in [-0.2, 0) is 14.3 Å². The summed E-state index contributed by atoms with van der Waals surface area (Å²) >= 11 is 0. The second-order valence-corrected chi connectivity index (χ2v) is 7.70. The Morgan fingerprint density at radius 2 is 1.64 bits per heavy atom. The second kappa shape index (κ2) is 10.9. The van der Waals surface area contributed by atoms with Crippen molar-refractivity contribution in [2.45, 2.75) is 13.3 Å². The Labute approximate surface area is 194 Å². The van der Waals surface area contributed by atoms with Crippen molar-refractivity contribution in [3.63, 3.8) is 0 Å². The molecule has 0 saturated heterocycles. The number of carbonyl (C=O) groups is 2. The fourth-order valence-electron chi connectivity index (χ4n) is 3.61. The topological polar surface area (TPSA) is 80.3 Å². The van der Waals surface area contributed by atoms with Crippen molar-refractivity contribution in [1.29, 1.82) is 0 Å². The number of nitrogens with zero attached hydrogens (tertiary/aromatic N) is 2. The molecule has 0 atom stereocenters. The number of rotatable bonds is 11. The number of nitrogens with one attached hydrogen (secondary N) is 1. The van der Waals surface area contributed by atoms with Gasteiger partial charge in [0.05, 0.1) is 19.8 Å². The Morgan fingerprint density at radius 1 is 0.939 bits per heavy atom. The van der Waals surface area contributed by atoms with Gasteiger partial charge in [-0.2, -0.15) is 0 Å². The fraction of sp³-hybridized carbons (Fsp3) is 0.360. The van der Waals surface area contributed by atoms with Crippen LogP contribution in [0, 0.1) is 0 Å². The first kappa shape index (κ1) is 24.1. The van der Waals surface area contributed by atoms with E-state index in [2.05, 4.69) is 5.32 Å². The van der Waals surface area contributed by atoms with Gasteiger partial charge in [-0.15, -0.1) is 0 Å². The number of benzene rings is 2. The molecule has 8 heteroatoms. The van der Waals surface area contributed by atoms with Crippen LogP contribution in [0.3, 0.4) is 0 Å². The number of ether oxygens (including phenoxy) is 3. The molecule has 176 valence electrons.